The van der Waals surface area contributed by atoms with Crippen LogP contribution in [0.15, 0.2) is 11.8 Å². The third-order valence-electron chi connectivity index (χ3n) is 3.00. The van der Waals surface area contributed by atoms with Crippen molar-refractivity contribution in [1.29, 1.82) is 0 Å². The molecule has 1 aliphatic rings. The van der Waals surface area contributed by atoms with Crippen LogP contribution >= 0.6 is 0 Å². The molecule has 0 bridgehead atoms. The monoisotopic (exact) mass is 226 g/mol. The van der Waals surface area contributed by atoms with Gasteiger partial charge in [-0.25, -0.2) is 0 Å². The predicted molar refractivity (Wildman–Crippen MR) is 69.3 cm³/mol. The van der Waals surface area contributed by atoms with Gasteiger partial charge in [-0.2, -0.15) is 0 Å². The van der Waals surface area contributed by atoms with E-state index in [2.05, 4.69) is 46.5 Å². The Labute approximate surface area is 96.0 Å². The van der Waals surface area contributed by atoms with Gasteiger partial charge in [-0.1, -0.05) is 20.8 Å². The summed E-state index contributed by atoms with van der Waals surface area (Å²) in [5.41, 5.74) is 0.419. The van der Waals surface area contributed by atoms with Crippen molar-refractivity contribution in [3.63, 3.8) is 0 Å². The Kier molecular flexibility index (Phi) is 3.70. The summed E-state index contributed by atoms with van der Waals surface area (Å²) < 4.78 is 6.10. The Morgan fingerprint density at radius 2 is 1.87 bits per heavy atom. The molecule has 15 heavy (non-hydrogen) atoms. The van der Waals surface area contributed by atoms with Crippen LogP contribution in [0.4, 0.5) is 0 Å². The van der Waals surface area contributed by atoms with Gasteiger partial charge < -0.3 is 4.43 Å². The van der Waals surface area contributed by atoms with Gasteiger partial charge >= 0.3 is 0 Å². The highest BCUT2D eigenvalue weighted by molar-refractivity contribution is 6.70. The number of hydrogen-bond acceptors (Lipinski definition) is 1. The Hall–Kier alpha value is -0.243. The highest BCUT2D eigenvalue weighted by Gasteiger charge is 2.29. The summed E-state index contributed by atoms with van der Waals surface area (Å²) in [4.78, 5) is 0. The van der Waals surface area contributed by atoms with Gasteiger partial charge in [0.15, 0.2) is 0 Å². The van der Waals surface area contributed by atoms with E-state index in [1.807, 2.05) is 0 Å². The Balaban J connectivity index is 2.60. The van der Waals surface area contributed by atoms with E-state index < -0.39 is 8.32 Å². The van der Waals surface area contributed by atoms with Gasteiger partial charge in [0.2, 0.25) is 8.32 Å². The Morgan fingerprint density at radius 3 is 2.33 bits per heavy atom. The molecule has 1 aliphatic carbocycles. The first-order chi connectivity index (χ1) is 6.68. The third kappa shape index (κ3) is 4.41. The molecule has 1 nitrogen and oxygen atoms in total. The lowest BCUT2D eigenvalue weighted by atomic mass is 9.74. The van der Waals surface area contributed by atoms with Crippen molar-refractivity contribution >= 4 is 8.32 Å². The molecule has 0 radical (unpaired) electrons. The van der Waals surface area contributed by atoms with E-state index in [0.29, 0.717) is 5.41 Å². The first kappa shape index (κ1) is 12.8. The summed E-state index contributed by atoms with van der Waals surface area (Å²) in [5.74, 6) is 2.05. The van der Waals surface area contributed by atoms with Gasteiger partial charge in [0.25, 0.3) is 0 Å². The standard InChI is InChI=1S/C13H26OSi/c1-13(2,3)11-8-7-9-12(10-11)14-15(4,5)6/h9,11H,7-8,10H2,1-6H3. The van der Waals surface area contributed by atoms with E-state index >= 15 is 0 Å². The lowest BCUT2D eigenvalue weighted by Gasteiger charge is -2.35. The van der Waals surface area contributed by atoms with Gasteiger partial charge in [0.1, 0.15) is 0 Å². The second-order valence-electron chi connectivity index (χ2n) is 6.73. The molecule has 0 aromatic carbocycles. The second-order valence-corrected chi connectivity index (χ2v) is 11.2. The van der Waals surface area contributed by atoms with Crippen molar-refractivity contribution in [2.45, 2.75) is 59.7 Å². The lowest BCUT2D eigenvalue weighted by Crippen LogP contribution is -2.29. The van der Waals surface area contributed by atoms with Crippen LogP contribution < -0.4 is 0 Å². The molecule has 0 amide bonds. The lowest BCUT2D eigenvalue weighted by molar-refractivity contribution is 0.192. The molecular weight excluding hydrogens is 200 g/mol. The van der Waals surface area contributed by atoms with Gasteiger partial charge in [-0.3, -0.25) is 0 Å². The summed E-state index contributed by atoms with van der Waals surface area (Å²) in [6, 6.07) is 0. The molecule has 0 aliphatic heterocycles. The molecule has 0 saturated carbocycles. The molecule has 0 N–H and O–H groups in total. The molecule has 1 atom stereocenters. The van der Waals surface area contributed by atoms with Crippen LogP contribution in [-0.2, 0) is 4.43 Å². The maximum atomic E-state index is 6.10. The molecule has 1 unspecified atom stereocenters. The minimum Gasteiger partial charge on any atom is -0.548 e. The largest absolute Gasteiger partial charge is 0.548 e. The summed E-state index contributed by atoms with van der Waals surface area (Å²) in [5, 5.41) is 0. The summed E-state index contributed by atoms with van der Waals surface area (Å²) in [6.07, 6.45) is 5.97. The molecule has 88 valence electrons. The van der Waals surface area contributed by atoms with Crippen molar-refractivity contribution in [2.24, 2.45) is 11.3 Å². The van der Waals surface area contributed by atoms with Crippen LogP contribution in [0, 0.1) is 11.3 Å². The average Bonchev–Trinajstić information content (AvgIpc) is 1.99. The molecule has 0 heterocycles. The van der Waals surface area contributed by atoms with Gasteiger partial charge in [-0.05, 0) is 49.9 Å². The molecular formula is C13H26OSi. The van der Waals surface area contributed by atoms with Crippen molar-refractivity contribution in [1.82, 2.24) is 0 Å². The van der Waals surface area contributed by atoms with Crippen LogP contribution in [0.2, 0.25) is 19.6 Å². The Bertz CT molecular complexity index is 242. The highest BCUT2D eigenvalue weighted by Crippen LogP contribution is 2.38. The molecule has 2 heteroatoms. The van der Waals surface area contributed by atoms with E-state index in [4.69, 9.17) is 4.43 Å². The molecule has 0 aromatic heterocycles. The smallest absolute Gasteiger partial charge is 0.241 e. The summed E-state index contributed by atoms with van der Waals surface area (Å²) in [7, 11) is -1.40. The maximum absolute atomic E-state index is 6.10. The zero-order valence-corrected chi connectivity index (χ0v) is 12.2. The van der Waals surface area contributed by atoms with E-state index in [9.17, 15) is 0 Å². The first-order valence-electron chi connectivity index (χ1n) is 6.06. The van der Waals surface area contributed by atoms with Crippen molar-refractivity contribution < 1.29 is 4.43 Å². The third-order valence-corrected chi connectivity index (χ3v) is 3.87. The maximum Gasteiger partial charge on any atom is 0.241 e. The molecule has 0 saturated heterocycles. The number of allylic oxidation sites excluding steroid dienone is 2. The van der Waals surface area contributed by atoms with Gasteiger partial charge in [0.05, 0.1) is 5.76 Å². The van der Waals surface area contributed by atoms with Crippen LogP contribution in [0.1, 0.15) is 40.0 Å². The highest BCUT2D eigenvalue weighted by atomic mass is 28.4. The molecule has 1 rings (SSSR count). The number of rotatable bonds is 2. The van der Waals surface area contributed by atoms with Crippen LogP contribution in [0.25, 0.3) is 0 Å². The SMILES string of the molecule is CC(C)(C)C1CCC=C(O[Si](C)(C)C)C1. The minimum atomic E-state index is -1.40. The average molecular weight is 226 g/mol. The Morgan fingerprint density at radius 1 is 1.27 bits per heavy atom. The van der Waals surface area contributed by atoms with E-state index in [1.54, 1.807) is 0 Å². The predicted octanol–water partition coefficient (Wildman–Crippen LogP) is 4.57. The second kappa shape index (κ2) is 4.32. The zero-order chi connectivity index (χ0) is 11.7. The molecule has 0 aromatic rings. The van der Waals surface area contributed by atoms with Crippen molar-refractivity contribution in [3.05, 3.63) is 11.8 Å². The van der Waals surface area contributed by atoms with Crippen LogP contribution in [0.5, 0.6) is 0 Å². The fourth-order valence-electron chi connectivity index (χ4n) is 2.09. The molecule has 0 fully saturated rings. The van der Waals surface area contributed by atoms with Crippen molar-refractivity contribution in [2.75, 3.05) is 0 Å². The summed E-state index contributed by atoms with van der Waals surface area (Å²) in [6.45, 7) is 13.8. The quantitative estimate of drug-likeness (QED) is 0.627. The van der Waals surface area contributed by atoms with E-state index in [0.717, 1.165) is 12.3 Å². The molecule has 0 spiro atoms. The van der Waals surface area contributed by atoms with Gasteiger partial charge in [-0.15, -0.1) is 0 Å². The summed E-state index contributed by atoms with van der Waals surface area (Å²) >= 11 is 0. The normalized spacial score (nSPS) is 23.6. The first-order valence-corrected chi connectivity index (χ1v) is 9.47. The van der Waals surface area contributed by atoms with E-state index in [-0.39, 0.29) is 0 Å². The minimum absolute atomic E-state index is 0.419. The fraction of sp³-hybridized carbons (Fsp3) is 0.846. The van der Waals surface area contributed by atoms with E-state index in [1.165, 1.54) is 18.6 Å². The zero-order valence-electron chi connectivity index (χ0n) is 11.2. The van der Waals surface area contributed by atoms with Crippen LogP contribution in [0.3, 0.4) is 0 Å². The van der Waals surface area contributed by atoms with Crippen LogP contribution in [-0.4, -0.2) is 8.32 Å². The van der Waals surface area contributed by atoms with Crippen molar-refractivity contribution in [3.8, 4) is 0 Å². The topological polar surface area (TPSA) is 9.23 Å². The fourth-order valence-corrected chi connectivity index (χ4v) is 3.04. The van der Waals surface area contributed by atoms with Gasteiger partial charge in [0, 0.05) is 6.42 Å². The number of hydrogen-bond donors (Lipinski definition) is 0.